The van der Waals surface area contributed by atoms with Crippen molar-refractivity contribution in [1.82, 2.24) is 0 Å². The Kier molecular flexibility index (Phi) is 73.7. The summed E-state index contributed by atoms with van der Waals surface area (Å²) in [5.74, 6) is 0. The Balaban J connectivity index is 0. The van der Waals surface area contributed by atoms with Gasteiger partial charge in [-0.15, -0.1) is 0 Å². The fraction of sp³-hybridized carbons (Fsp3) is 0. The topological polar surface area (TPSA) is 57.5 Å². The first-order valence-corrected chi connectivity index (χ1v) is 1.95. The monoisotopic (exact) mass is 191 g/mol. The molecule has 3 nitrogen and oxygen atoms in total. The van der Waals surface area contributed by atoms with Gasteiger partial charge in [0.2, 0.25) is 0 Å². The van der Waals surface area contributed by atoms with Crippen molar-refractivity contribution < 1.29 is 50.8 Å². The maximum absolute atomic E-state index is 8.42. The summed E-state index contributed by atoms with van der Waals surface area (Å²) in [7, 11) is 0. The van der Waals surface area contributed by atoms with Crippen LogP contribution < -0.4 is 0 Å². The molecule has 0 aromatic rings. The molecule has 0 aliphatic heterocycles. The molecule has 0 spiro atoms. The summed E-state index contributed by atoms with van der Waals surface area (Å²) in [6, 6.07) is 0. The molecule has 0 unspecified atom stereocenters. The SMILES string of the molecule is OO.[O]=[Pr]. The van der Waals surface area contributed by atoms with Crippen molar-refractivity contribution >= 4 is 0 Å². The molecule has 0 saturated heterocycles. The van der Waals surface area contributed by atoms with E-state index in [0.717, 1.165) is 0 Å². The second kappa shape index (κ2) is 33.1. The third-order valence-corrected chi connectivity index (χ3v) is 0. The molecule has 0 aromatic heterocycles. The summed E-state index contributed by atoms with van der Waals surface area (Å²) in [6.45, 7) is 0. The third-order valence-electron chi connectivity index (χ3n) is 0. The first-order valence-electron chi connectivity index (χ1n) is 0.436. The van der Waals surface area contributed by atoms with Crippen LogP contribution in [0.1, 0.15) is 0 Å². The van der Waals surface area contributed by atoms with E-state index in [9.17, 15) is 0 Å². The van der Waals surface area contributed by atoms with Crippen molar-refractivity contribution in [1.29, 1.82) is 0 Å². The third kappa shape index (κ3) is 11.4. The van der Waals surface area contributed by atoms with Gasteiger partial charge in [0.05, 0.1) is 0 Å². The van der Waals surface area contributed by atoms with E-state index in [1.54, 1.807) is 0 Å². The molecule has 0 fully saturated rings. The maximum atomic E-state index is 8.42. The van der Waals surface area contributed by atoms with Crippen LogP contribution in [0.3, 0.4) is 0 Å². The molecular weight excluding hydrogens is 189 g/mol. The van der Waals surface area contributed by atoms with E-state index < -0.39 is 0 Å². The molecule has 0 amide bonds. The van der Waals surface area contributed by atoms with Gasteiger partial charge < -0.3 is 0 Å². The molecule has 0 rings (SSSR count). The van der Waals surface area contributed by atoms with Gasteiger partial charge in [0, 0.05) is 0 Å². The standard InChI is InChI=1S/H2O2.O.Pr/c1-2;;/h1-2H;;. The molecule has 0 heterocycles. The minimum atomic E-state index is -0.0833. The normalized spacial score (nSPS) is 3.00. The fourth-order valence-electron chi connectivity index (χ4n) is 0. The van der Waals surface area contributed by atoms with Crippen LogP contribution in [0.4, 0.5) is 0 Å². The molecule has 0 aliphatic rings. The van der Waals surface area contributed by atoms with E-state index in [0.29, 0.717) is 0 Å². The van der Waals surface area contributed by atoms with Gasteiger partial charge in [-0.1, -0.05) is 0 Å². The zero-order valence-electron chi connectivity index (χ0n) is 1.88. The zero-order valence-corrected chi connectivity index (χ0v) is 5.58. The summed E-state index contributed by atoms with van der Waals surface area (Å²) in [5, 5.41) is 12.0. The Morgan fingerprint density at radius 2 is 1.25 bits per heavy atom. The van der Waals surface area contributed by atoms with Gasteiger partial charge >= 0.3 is 40.3 Å². The Morgan fingerprint density at radius 3 is 1.25 bits per heavy atom. The molecule has 0 aliphatic carbocycles. The van der Waals surface area contributed by atoms with E-state index in [1.807, 2.05) is 0 Å². The van der Waals surface area contributed by atoms with Crippen molar-refractivity contribution in [3.05, 3.63) is 0 Å². The van der Waals surface area contributed by atoms with Crippen molar-refractivity contribution in [2.75, 3.05) is 0 Å². The van der Waals surface area contributed by atoms with Gasteiger partial charge in [0.15, 0.2) is 0 Å². The molecule has 4 heavy (non-hydrogen) atoms. The van der Waals surface area contributed by atoms with Crippen LogP contribution in [-0.2, 0) is 0.995 Å². The van der Waals surface area contributed by atoms with Crippen LogP contribution in [0.5, 0.6) is 0 Å². The quantitative estimate of drug-likeness (QED) is 0.415. The summed E-state index contributed by atoms with van der Waals surface area (Å²) in [5.41, 5.74) is 0. The van der Waals surface area contributed by atoms with Crippen LogP contribution in [0, 0.1) is 39.3 Å². The predicted octanol–water partition coefficient (Wildman–Crippen LogP) is -0.101. The van der Waals surface area contributed by atoms with E-state index >= 15 is 0 Å². The average Bonchev–Trinajstić information content (AvgIpc) is 1.50. The second-order valence-corrected chi connectivity index (χ2v) is 0. The number of rotatable bonds is 0. The Hall–Kier alpha value is 1.08. The van der Waals surface area contributed by atoms with Crippen LogP contribution in [-0.4, -0.2) is 10.5 Å². The van der Waals surface area contributed by atoms with E-state index in [1.165, 1.54) is 0 Å². The molecule has 0 saturated carbocycles. The van der Waals surface area contributed by atoms with Gasteiger partial charge in [0.25, 0.3) is 0 Å². The molecule has 0 radical (unpaired) electrons. The molecule has 2 N–H and O–H groups in total. The summed E-state index contributed by atoms with van der Waals surface area (Å²) in [4.78, 5) is 0. The fourth-order valence-corrected chi connectivity index (χ4v) is 0. The number of hydrogen-bond donors (Lipinski definition) is 2. The average molecular weight is 191 g/mol. The molecular formula is H2O3Pr. The van der Waals surface area contributed by atoms with Crippen molar-refractivity contribution in [3.63, 3.8) is 0 Å². The minimum absolute atomic E-state index is 0.0833. The van der Waals surface area contributed by atoms with Crippen molar-refractivity contribution in [2.45, 2.75) is 0 Å². The first-order chi connectivity index (χ1) is 2.00. The zero-order chi connectivity index (χ0) is 4.00. The summed E-state index contributed by atoms with van der Waals surface area (Å²) >= 11 is -0.0833. The predicted molar refractivity (Wildman–Crippen MR) is 5.94 cm³/mol. The molecule has 4 heteroatoms. The van der Waals surface area contributed by atoms with Gasteiger partial charge in [-0.05, 0) is 0 Å². The van der Waals surface area contributed by atoms with Gasteiger partial charge in [0.1, 0.15) is 0 Å². The van der Waals surface area contributed by atoms with E-state index in [4.69, 9.17) is 11.5 Å². The van der Waals surface area contributed by atoms with Crippen LogP contribution >= 0.6 is 0 Å². The van der Waals surface area contributed by atoms with Gasteiger partial charge in [-0.2, -0.15) is 0 Å². The van der Waals surface area contributed by atoms with E-state index in [2.05, 4.69) is 0 Å². The van der Waals surface area contributed by atoms with Crippen LogP contribution in [0.25, 0.3) is 0 Å². The molecule has 0 aromatic carbocycles. The number of hydrogen-bond acceptors (Lipinski definition) is 3. The van der Waals surface area contributed by atoms with Gasteiger partial charge in [-0.25, -0.2) is 0 Å². The van der Waals surface area contributed by atoms with Crippen molar-refractivity contribution in [3.8, 4) is 0 Å². The summed E-state index contributed by atoms with van der Waals surface area (Å²) < 4.78 is 8.42. The Bertz CT molecular complexity index is 3.25. The summed E-state index contributed by atoms with van der Waals surface area (Å²) in [6.07, 6.45) is 0. The Morgan fingerprint density at radius 1 is 1.25 bits per heavy atom. The molecule has 0 atom stereocenters. The van der Waals surface area contributed by atoms with E-state index in [-0.39, 0.29) is 39.3 Å². The van der Waals surface area contributed by atoms with Crippen LogP contribution in [0.2, 0.25) is 0 Å². The van der Waals surface area contributed by atoms with Crippen LogP contribution in [0.15, 0.2) is 0 Å². The van der Waals surface area contributed by atoms with Crippen molar-refractivity contribution in [2.24, 2.45) is 0 Å². The molecule has 23 valence electrons. The second-order valence-electron chi connectivity index (χ2n) is 0. The van der Waals surface area contributed by atoms with Gasteiger partial charge in [-0.3, -0.25) is 10.5 Å². The Labute approximate surface area is 50.4 Å². The molecule has 0 bridgehead atoms. The first kappa shape index (κ1) is 8.92.